The summed E-state index contributed by atoms with van der Waals surface area (Å²) < 4.78 is 26.8. The van der Waals surface area contributed by atoms with Gasteiger partial charge in [0.2, 0.25) is 5.91 Å². The number of nitrogens with zero attached hydrogens (tertiary/aromatic N) is 1. The molecule has 1 aromatic rings. The number of amides is 1. The fourth-order valence-electron chi connectivity index (χ4n) is 2.77. The summed E-state index contributed by atoms with van der Waals surface area (Å²) in [6.45, 7) is 4.37. The van der Waals surface area contributed by atoms with E-state index in [4.69, 9.17) is 0 Å². The number of halogens is 2. The lowest BCUT2D eigenvalue weighted by atomic mass is 10.1. The van der Waals surface area contributed by atoms with E-state index >= 15 is 0 Å². The third kappa shape index (κ3) is 2.02. The molecule has 3 rings (SSSR count). The van der Waals surface area contributed by atoms with Gasteiger partial charge in [-0.1, -0.05) is 13.8 Å². The number of carbonyl (C=O) groups excluding carboxylic acids is 1. The van der Waals surface area contributed by atoms with E-state index in [9.17, 15) is 13.6 Å². The van der Waals surface area contributed by atoms with Gasteiger partial charge in [0, 0.05) is 17.7 Å². The van der Waals surface area contributed by atoms with Crippen molar-refractivity contribution in [1.82, 2.24) is 10.2 Å². The average Bonchev–Trinajstić information content (AvgIpc) is 2.77. The number of hydrogen-bond acceptors (Lipinski definition) is 2. The summed E-state index contributed by atoms with van der Waals surface area (Å²) in [7, 11) is 0. The maximum atomic E-state index is 13.9. The molecular formula is C14H16F2N2O. The van der Waals surface area contributed by atoms with Crippen LogP contribution in [0.25, 0.3) is 0 Å². The van der Waals surface area contributed by atoms with Crippen LogP contribution in [0.3, 0.4) is 0 Å². The molecule has 0 radical (unpaired) electrons. The van der Waals surface area contributed by atoms with Crippen molar-refractivity contribution >= 4 is 5.91 Å². The molecule has 1 saturated heterocycles. The third-order valence-electron chi connectivity index (χ3n) is 4.07. The molecule has 1 heterocycles. The molecule has 0 spiro atoms. The monoisotopic (exact) mass is 266 g/mol. The highest BCUT2D eigenvalue weighted by molar-refractivity contribution is 5.81. The van der Waals surface area contributed by atoms with Crippen molar-refractivity contribution in [3.05, 3.63) is 35.4 Å². The van der Waals surface area contributed by atoms with Crippen LogP contribution in [-0.2, 0) is 4.79 Å². The van der Waals surface area contributed by atoms with Gasteiger partial charge in [-0.25, -0.2) is 8.78 Å². The van der Waals surface area contributed by atoms with Crippen molar-refractivity contribution in [1.29, 1.82) is 0 Å². The van der Waals surface area contributed by atoms with E-state index in [0.717, 1.165) is 12.5 Å². The van der Waals surface area contributed by atoms with Crippen molar-refractivity contribution in [2.45, 2.75) is 32.5 Å². The maximum absolute atomic E-state index is 13.9. The molecule has 0 bridgehead atoms. The number of benzene rings is 1. The Kier molecular flexibility index (Phi) is 2.64. The first-order valence-electron chi connectivity index (χ1n) is 6.40. The zero-order chi connectivity index (χ0) is 13.8. The summed E-state index contributed by atoms with van der Waals surface area (Å²) in [5.41, 5.74) is 0.408. The van der Waals surface area contributed by atoms with Crippen LogP contribution >= 0.6 is 0 Å². The Morgan fingerprint density at radius 1 is 1.37 bits per heavy atom. The summed E-state index contributed by atoms with van der Waals surface area (Å²) in [4.78, 5) is 13.7. The summed E-state index contributed by atoms with van der Waals surface area (Å²) in [5, 5.41) is 3.01. The van der Waals surface area contributed by atoms with Gasteiger partial charge in [-0.2, -0.15) is 0 Å². The van der Waals surface area contributed by atoms with Gasteiger partial charge in [-0.15, -0.1) is 0 Å². The normalized spacial score (nSPS) is 28.8. The second kappa shape index (κ2) is 4.00. The van der Waals surface area contributed by atoms with E-state index in [-0.39, 0.29) is 23.9 Å². The zero-order valence-electron chi connectivity index (χ0n) is 10.9. The predicted octanol–water partition coefficient (Wildman–Crippen LogP) is 2.19. The summed E-state index contributed by atoms with van der Waals surface area (Å²) in [5.74, 6) is -1.25. The number of rotatable bonds is 2. The summed E-state index contributed by atoms with van der Waals surface area (Å²) >= 11 is 0. The van der Waals surface area contributed by atoms with Gasteiger partial charge < -0.3 is 4.90 Å². The van der Waals surface area contributed by atoms with Crippen molar-refractivity contribution in [3.63, 3.8) is 0 Å². The minimum atomic E-state index is -0.615. The molecule has 2 fully saturated rings. The van der Waals surface area contributed by atoms with Crippen LogP contribution in [0.2, 0.25) is 0 Å². The lowest BCUT2D eigenvalue weighted by Crippen LogP contribution is -2.35. The minimum absolute atomic E-state index is 0.0238. The van der Waals surface area contributed by atoms with E-state index in [1.54, 1.807) is 4.90 Å². The molecule has 2 aliphatic rings. The number of nitrogens with one attached hydrogen (secondary N) is 1. The molecule has 1 aliphatic carbocycles. The van der Waals surface area contributed by atoms with E-state index in [1.165, 1.54) is 12.1 Å². The van der Waals surface area contributed by atoms with Crippen molar-refractivity contribution in [3.8, 4) is 0 Å². The van der Waals surface area contributed by atoms with Crippen LogP contribution in [0.1, 0.15) is 32.0 Å². The molecule has 19 heavy (non-hydrogen) atoms. The fraction of sp³-hybridized carbons (Fsp3) is 0.500. The molecule has 102 valence electrons. The smallest absolute Gasteiger partial charge is 0.238 e. The Bertz CT molecular complexity index is 544. The van der Waals surface area contributed by atoms with Gasteiger partial charge >= 0.3 is 0 Å². The number of carbonyl (C=O) groups is 1. The molecule has 0 aromatic heterocycles. The van der Waals surface area contributed by atoms with Crippen LogP contribution in [-0.4, -0.2) is 23.4 Å². The molecule has 5 heteroatoms. The van der Waals surface area contributed by atoms with E-state index < -0.39 is 17.8 Å². The molecule has 3 nitrogen and oxygen atoms in total. The fourth-order valence-corrected chi connectivity index (χ4v) is 2.77. The molecule has 1 N–H and O–H groups in total. The van der Waals surface area contributed by atoms with Crippen molar-refractivity contribution < 1.29 is 13.6 Å². The highest BCUT2D eigenvalue weighted by Gasteiger charge is 2.54. The first kappa shape index (κ1) is 12.5. The average molecular weight is 266 g/mol. The zero-order valence-corrected chi connectivity index (χ0v) is 10.9. The lowest BCUT2D eigenvalue weighted by molar-refractivity contribution is -0.129. The van der Waals surface area contributed by atoms with E-state index in [2.05, 4.69) is 19.2 Å². The van der Waals surface area contributed by atoms with Gasteiger partial charge in [0.05, 0.1) is 6.54 Å². The van der Waals surface area contributed by atoms with Crippen LogP contribution in [0.5, 0.6) is 0 Å². The van der Waals surface area contributed by atoms with Gasteiger partial charge in [0.15, 0.2) is 0 Å². The standard InChI is InChI=1S/C14H16F2N2O/c1-14(2)6-11(14)18-12(19)7-17-13(18)9-4-3-8(15)5-10(9)16/h3-5,11,13,17H,6-7H2,1-2H3. The molecule has 2 atom stereocenters. The van der Waals surface area contributed by atoms with Crippen molar-refractivity contribution in [2.24, 2.45) is 5.41 Å². The van der Waals surface area contributed by atoms with Gasteiger partial charge in [0.1, 0.15) is 17.8 Å². The van der Waals surface area contributed by atoms with Crippen LogP contribution < -0.4 is 5.32 Å². The van der Waals surface area contributed by atoms with Crippen molar-refractivity contribution in [2.75, 3.05) is 6.54 Å². The molecule has 2 unspecified atom stereocenters. The van der Waals surface area contributed by atoms with Crippen LogP contribution in [0, 0.1) is 17.0 Å². The largest absolute Gasteiger partial charge is 0.318 e. The highest BCUT2D eigenvalue weighted by atomic mass is 19.1. The third-order valence-corrected chi connectivity index (χ3v) is 4.07. The Morgan fingerprint density at radius 2 is 2.05 bits per heavy atom. The lowest BCUT2D eigenvalue weighted by Gasteiger charge is -2.26. The van der Waals surface area contributed by atoms with Gasteiger partial charge in [-0.3, -0.25) is 10.1 Å². The maximum Gasteiger partial charge on any atom is 0.238 e. The Labute approximate surface area is 110 Å². The minimum Gasteiger partial charge on any atom is -0.318 e. The van der Waals surface area contributed by atoms with Gasteiger partial charge in [0.25, 0.3) is 0 Å². The van der Waals surface area contributed by atoms with Crippen LogP contribution in [0.4, 0.5) is 8.78 Å². The SMILES string of the molecule is CC1(C)CC1N1C(=O)CNC1c1ccc(F)cc1F. The molecule has 1 aliphatic heterocycles. The first-order chi connectivity index (χ1) is 8.90. The molecule has 1 aromatic carbocycles. The highest BCUT2D eigenvalue weighted by Crippen LogP contribution is 2.51. The Balaban J connectivity index is 1.93. The number of hydrogen-bond donors (Lipinski definition) is 1. The Hall–Kier alpha value is -1.49. The second-order valence-electron chi connectivity index (χ2n) is 5.96. The summed E-state index contributed by atoms with van der Waals surface area (Å²) in [6, 6.07) is 3.61. The van der Waals surface area contributed by atoms with Crippen LogP contribution in [0.15, 0.2) is 18.2 Å². The van der Waals surface area contributed by atoms with Gasteiger partial charge in [-0.05, 0) is 24.0 Å². The quantitative estimate of drug-likeness (QED) is 0.890. The second-order valence-corrected chi connectivity index (χ2v) is 5.96. The van der Waals surface area contributed by atoms with E-state index in [1.807, 2.05) is 0 Å². The first-order valence-corrected chi connectivity index (χ1v) is 6.40. The molecule has 1 amide bonds. The predicted molar refractivity (Wildman–Crippen MR) is 66.1 cm³/mol. The molecular weight excluding hydrogens is 250 g/mol. The topological polar surface area (TPSA) is 32.3 Å². The Morgan fingerprint density at radius 3 is 2.63 bits per heavy atom. The van der Waals surface area contributed by atoms with E-state index in [0.29, 0.717) is 5.56 Å². The summed E-state index contributed by atoms with van der Waals surface area (Å²) in [6.07, 6.45) is 0.430. The molecule has 1 saturated carbocycles.